The lowest BCUT2D eigenvalue weighted by Gasteiger charge is -2.39. The lowest BCUT2D eigenvalue weighted by Crippen LogP contribution is -2.54. The number of hydrazone groups is 1. The van der Waals surface area contributed by atoms with Gasteiger partial charge in [-0.25, -0.2) is 10.4 Å². The summed E-state index contributed by atoms with van der Waals surface area (Å²) in [7, 11) is 0. The van der Waals surface area contributed by atoms with Gasteiger partial charge in [-0.15, -0.1) is 0 Å². The molecule has 10 heteroatoms. The normalized spacial score (nSPS) is 26.9. The summed E-state index contributed by atoms with van der Waals surface area (Å²) in [6, 6.07) is 13.1. The van der Waals surface area contributed by atoms with Crippen LogP contribution in [-0.4, -0.2) is 71.6 Å². The van der Waals surface area contributed by atoms with E-state index in [1.165, 1.54) is 6.21 Å². The van der Waals surface area contributed by atoms with E-state index < -0.39 is 30.5 Å². The van der Waals surface area contributed by atoms with Crippen molar-refractivity contribution in [2.45, 2.75) is 43.9 Å². The van der Waals surface area contributed by atoms with Gasteiger partial charge in [-0.05, 0) is 48.2 Å². The molecule has 0 unspecified atom stereocenters. The van der Waals surface area contributed by atoms with Crippen molar-refractivity contribution in [3.05, 3.63) is 64.2 Å². The van der Waals surface area contributed by atoms with E-state index in [9.17, 15) is 15.3 Å². The molecule has 0 spiro atoms. The quantitative estimate of drug-likeness (QED) is 0.294. The third-order valence-corrected chi connectivity index (χ3v) is 6.11. The maximum absolute atomic E-state index is 10.6. The van der Waals surface area contributed by atoms with Gasteiger partial charge in [-0.3, -0.25) is 0 Å². The van der Waals surface area contributed by atoms with Crippen LogP contribution in [0.2, 0.25) is 5.02 Å². The van der Waals surface area contributed by atoms with Gasteiger partial charge in [-0.1, -0.05) is 35.9 Å². The summed E-state index contributed by atoms with van der Waals surface area (Å²) in [4.78, 5) is 4.16. The first-order valence-corrected chi connectivity index (χ1v) is 11.6. The van der Waals surface area contributed by atoms with E-state index in [1.54, 1.807) is 12.1 Å². The van der Waals surface area contributed by atoms with Crippen LogP contribution < -0.4 is 15.5 Å². The van der Waals surface area contributed by atoms with Crippen LogP contribution >= 0.6 is 11.6 Å². The minimum Gasteiger partial charge on any atom is -0.494 e. The van der Waals surface area contributed by atoms with Gasteiger partial charge in [0.15, 0.2) is 0 Å². The van der Waals surface area contributed by atoms with E-state index in [0.717, 1.165) is 23.4 Å². The second-order valence-electron chi connectivity index (χ2n) is 8.14. The predicted octanol–water partition coefficient (Wildman–Crippen LogP) is 1.39. The standard InChI is InChI=1S/C24H29ClN4O5/c1-2-33-17-6-3-14(4-7-17)11-16-12-15(5-8-18(16)25)23-22(32)21(31)20(30)19(34-23)13-28-29-24-26-9-10-27-24/h3-8,12-13,19-23,30-32H,2,9-11H2,1H3,(H2,26,27,29)/b28-13+/t19-,20-,21+,22-,23+/m1/s1. The molecule has 2 aliphatic rings. The van der Waals surface area contributed by atoms with Crippen molar-refractivity contribution in [2.75, 3.05) is 19.7 Å². The largest absolute Gasteiger partial charge is 0.494 e. The number of nitrogens with zero attached hydrogens (tertiary/aromatic N) is 2. The monoisotopic (exact) mass is 488 g/mol. The summed E-state index contributed by atoms with van der Waals surface area (Å²) in [5, 5.41) is 39.1. The Kier molecular flexibility index (Phi) is 8.02. The molecule has 1 saturated heterocycles. The molecule has 2 aromatic carbocycles. The molecule has 182 valence electrons. The lowest BCUT2D eigenvalue weighted by atomic mass is 9.90. The molecule has 0 radical (unpaired) electrons. The first-order chi connectivity index (χ1) is 16.5. The van der Waals surface area contributed by atoms with Crippen LogP contribution in [0.25, 0.3) is 0 Å². The van der Waals surface area contributed by atoms with Gasteiger partial charge >= 0.3 is 0 Å². The van der Waals surface area contributed by atoms with E-state index in [0.29, 0.717) is 36.1 Å². The Morgan fingerprint density at radius 2 is 1.97 bits per heavy atom. The number of aliphatic hydroxyl groups excluding tert-OH is 3. The van der Waals surface area contributed by atoms with Gasteiger partial charge < -0.3 is 30.1 Å². The minimum atomic E-state index is -1.41. The van der Waals surface area contributed by atoms with Crippen LogP contribution in [0.4, 0.5) is 0 Å². The van der Waals surface area contributed by atoms with Gasteiger partial charge in [0.1, 0.15) is 36.3 Å². The maximum atomic E-state index is 10.6. The number of halogens is 1. The van der Waals surface area contributed by atoms with Crippen LogP contribution in [-0.2, 0) is 11.2 Å². The number of nitrogens with one attached hydrogen (secondary N) is 2. The molecule has 0 aromatic heterocycles. The van der Waals surface area contributed by atoms with Gasteiger partial charge in [0.25, 0.3) is 0 Å². The molecule has 9 nitrogen and oxygen atoms in total. The Morgan fingerprint density at radius 3 is 2.68 bits per heavy atom. The first kappa shape index (κ1) is 24.4. The molecule has 0 bridgehead atoms. The first-order valence-electron chi connectivity index (χ1n) is 11.2. The predicted molar refractivity (Wildman–Crippen MR) is 129 cm³/mol. The molecule has 0 aliphatic carbocycles. The topological polar surface area (TPSA) is 128 Å². The van der Waals surface area contributed by atoms with E-state index >= 15 is 0 Å². The zero-order valence-electron chi connectivity index (χ0n) is 18.8. The Balaban J connectivity index is 1.50. The van der Waals surface area contributed by atoms with Crippen LogP contribution in [0.15, 0.2) is 52.6 Å². The molecule has 34 heavy (non-hydrogen) atoms. The van der Waals surface area contributed by atoms with Crippen molar-refractivity contribution < 1.29 is 24.8 Å². The molecule has 2 aromatic rings. The van der Waals surface area contributed by atoms with Crippen molar-refractivity contribution in [1.29, 1.82) is 0 Å². The van der Waals surface area contributed by atoms with E-state index in [4.69, 9.17) is 21.1 Å². The zero-order chi connectivity index (χ0) is 24.1. The molecule has 5 N–H and O–H groups in total. The Labute approximate surface area is 203 Å². The van der Waals surface area contributed by atoms with Crippen LogP contribution in [0.1, 0.15) is 29.7 Å². The highest BCUT2D eigenvalue weighted by Gasteiger charge is 2.43. The van der Waals surface area contributed by atoms with Gasteiger partial charge in [-0.2, -0.15) is 5.10 Å². The van der Waals surface area contributed by atoms with Gasteiger partial charge in [0, 0.05) is 11.6 Å². The molecule has 5 atom stereocenters. The van der Waals surface area contributed by atoms with Crippen LogP contribution in [0, 0.1) is 0 Å². The number of hydrogen-bond donors (Lipinski definition) is 5. The fourth-order valence-corrected chi connectivity index (χ4v) is 4.13. The second kappa shape index (κ2) is 11.2. The molecular weight excluding hydrogens is 460 g/mol. The van der Waals surface area contributed by atoms with Crippen LogP contribution in [0.5, 0.6) is 5.75 Å². The molecule has 2 aliphatic heterocycles. The van der Waals surface area contributed by atoms with Gasteiger partial charge in [0.05, 0.1) is 19.4 Å². The summed E-state index contributed by atoms with van der Waals surface area (Å²) in [5.74, 6) is 1.32. The molecule has 1 fully saturated rings. The van der Waals surface area contributed by atoms with E-state index in [2.05, 4.69) is 20.8 Å². The number of aliphatic imine (C=N–C) groups is 1. The zero-order valence-corrected chi connectivity index (χ0v) is 19.5. The van der Waals surface area contributed by atoms with Crippen molar-refractivity contribution in [3.63, 3.8) is 0 Å². The highest BCUT2D eigenvalue weighted by atomic mass is 35.5. The summed E-state index contributed by atoms with van der Waals surface area (Å²) in [6.07, 6.45) is -3.99. The van der Waals surface area contributed by atoms with Crippen molar-refractivity contribution in [1.82, 2.24) is 10.7 Å². The van der Waals surface area contributed by atoms with Crippen LogP contribution in [0.3, 0.4) is 0 Å². The minimum absolute atomic E-state index is 0.523. The number of aliphatic hydroxyl groups is 3. The Bertz CT molecular complexity index is 1030. The summed E-state index contributed by atoms with van der Waals surface area (Å²) in [6.45, 7) is 3.92. The number of ether oxygens (including phenoxy) is 2. The summed E-state index contributed by atoms with van der Waals surface area (Å²) >= 11 is 6.45. The van der Waals surface area contributed by atoms with Crippen molar-refractivity contribution in [3.8, 4) is 5.75 Å². The number of benzene rings is 2. The smallest absolute Gasteiger partial charge is 0.212 e. The third kappa shape index (κ3) is 5.68. The highest BCUT2D eigenvalue weighted by molar-refractivity contribution is 6.31. The van der Waals surface area contributed by atoms with E-state index in [-0.39, 0.29) is 0 Å². The Hall–Kier alpha value is -2.69. The number of hydrogen-bond acceptors (Lipinski definition) is 9. The van der Waals surface area contributed by atoms with Gasteiger partial charge in [0.2, 0.25) is 5.96 Å². The highest BCUT2D eigenvalue weighted by Crippen LogP contribution is 2.34. The van der Waals surface area contributed by atoms with Crippen molar-refractivity contribution >= 4 is 23.8 Å². The molecule has 2 heterocycles. The fraction of sp³-hybridized carbons (Fsp3) is 0.417. The van der Waals surface area contributed by atoms with E-state index in [1.807, 2.05) is 37.3 Å². The fourth-order valence-electron chi connectivity index (χ4n) is 3.95. The third-order valence-electron chi connectivity index (χ3n) is 5.74. The molecular formula is C24H29ClN4O5. The average molecular weight is 489 g/mol. The molecule has 0 amide bonds. The summed E-state index contributed by atoms with van der Waals surface area (Å²) in [5.41, 5.74) is 5.26. The Morgan fingerprint density at radius 1 is 1.18 bits per heavy atom. The van der Waals surface area contributed by atoms with Crippen molar-refractivity contribution in [2.24, 2.45) is 10.1 Å². The summed E-state index contributed by atoms with van der Waals surface area (Å²) < 4.78 is 11.4. The number of rotatable bonds is 7. The molecule has 0 saturated carbocycles. The second-order valence-corrected chi connectivity index (χ2v) is 8.55. The SMILES string of the molecule is CCOc1ccc(Cc2cc([C@@H]3O[C@H](/C=N/NC4=NCCN4)[C@@H](O)[C@H](O)[C@H]3O)ccc2Cl)cc1. The molecule has 4 rings (SSSR count). The maximum Gasteiger partial charge on any atom is 0.212 e. The number of guanidine groups is 1. The average Bonchev–Trinajstić information content (AvgIpc) is 3.36. The lowest BCUT2D eigenvalue weighted by molar-refractivity contribution is -0.205.